The van der Waals surface area contributed by atoms with Gasteiger partial charge in [-0.1, -0.05) is 6.58 Å². The number of ether oxygens (including phenoxy) is 1. The van der Waals surface area contributed by atoms with Crippen molar-refractivity contribution in [2.24, 2.45) is 0 Å². The molecule has 2 aromatic carbocycles. The Balaban J connectivity index is 1.54. The van der Waals surface area contributed by atoms with Gasteiger partial charge < -0.3 is 9.64 Å². The average Bonchev–Trinajstić information content (AvgIpc) is 3.39. The van der Waals surface area contributed by atoms with Crippen LogP contribution in [0.25, 0.3) is 22.2 Å². The summed E-state index contributed by atoms with van der Waals surface area (Å²) in [6.45, 7) is 6.25. The van der Waals surface area contributed by atoms with E-state index in [0.717, 1.165) is 11.6 Å². The zero-order valence-corrected chi connectivity index (χ0v) is 19.9. The molecule has 0 bridgehead atoms. The van der Waals surface area contributed by atoms with Crippen LogP contribution in [-0.4, -0.2) is 38.8 Å². The lowest BCUT2D eigenvalue weighted by Gasteiger charge is -2.17. The summed E-state index contributed by atoms with van der Waals surface area (Å²) in [6.07, 6.45) is 4.92. The van der Waals surface area contributed by atoms with E-state index in [4.69, 9.17) is 4.74 Å². The van der Waals surface area contributed by atoms with Gasteiger partial charge in [0.25, 0.3) is 0 Å². The molecular formula is C27H19F5N4O2. The number of hydrogen-bond donors (Lipinski definition) is 0. The maximum atomic E-state index is 15.3. The average molecular weight is 526 g/mol. The van der Waals surface area contributed by atoms with Crippen molar-refractivity contribution >= 4 is 16.8 Å². The molecule has 1 amide bonds. The van der Waals surface area contributed by atoms with Gasteiger partial charge in [-0.05, 0) is 31.6 Å². The number of carbonyl (C=O) groups is 1. The van der Waals surface area contributed by atoms with Crippen molar-refractivity contribution in [1.82, 2.24) is 19.9 Å². The number of carbonyl (C=O) groups excluding carboxylic acids is 1. The molecule has 0 N–H and O–H groups in total. The Morgan fingerprint density at radius 1 is 1.05 bits per heavy atom. The van der Waals surface area contributed by atoms with Crippen LogP contribution in [0.4, 0.5) is 22.0 Å². The third-order valence-electron chi connectivity index (χ3n) is 6.48. The molecule has 0 spiro atoms. The molecule has 1 aliphatic heterocycles. The summed E-state index contributed by atoms with van der Waals surface area (Å²) in [5.41, 5.74) is 2.12. The molecule has 1 unspecified atom stereocenters. The number of benzene rings is 2. The number of nitrogens with zero attached hydrogens (tertiary/aromatic N) is 4. The van der Waals surface area contributed by atoms with E-state index in [2.05, 4.69) is 21.5 Å². The number of aryl methyl sites for hydroxylation is 1. The molecule has 2 aromatic heterocycles. The first-order valence-electron chi connectivity index (χ1n) is 11.5. The van der Waals surface area contributed by atoms with E-state index in [0.29, 0.717) is 36.1 Å². The third kappa shape index (κ3) is 4.33. The summed E-state index contributed by atoms with van der Waals surface area (Å²) in [6, 6.07) is 3.33. The van der Waals surface area contributed by atoms with Gasteiger partial charge in [0, 0.05) is 53.9 Å². The van der Waals surface area contributed by atoms with Gasteiger partial charge in [0.15, 0.2) is 11.6 Å². The second kappa shape index (κ2) is 9.81. The number of aromatic nitrogens is 3. The minimum absolute atomic E-state index is 0.0213. The van der Waals surface area contributed by atoms with Crippen molar-refractivity contribution in [3.63, 3.8) is 0 Å². The van der Waals surface area contributed by atoms with Crippen LogP contribution >= 0.6 is 0 Å². The van der Waals surface area contributed by atoms with E-state index in [-0.39, 0.29) is 34.9 Å². The normalized spacial score (nSPS) is 15.2. The van der Waals surface area contributed by atoms with Gasteiger partial charge in [0.2, 0.25) is 23.3 Å². The zero-order valence-electron chi connectivity index (χ0n) is 19.9. The van der Waals surface area contributed by atoms with Gasteiger partial charge in [0.05, 0.1) is 16.9 Å². The summed E-state index contributed by atoms with van der Waals surface area (Å²) < 4.78 is 75.3. The number of hydrogen-bond acceptors (Lipinski definition) is 5. The summed E-state index contributed by atoms with van der Waals surface area (Å²) in [4.78, 5) is 26.9. The fourth-order valence-electron chi connectivity index (χ4n) is 4.59. The van der Waals surface area contributed by atoms with Crippen molar-refractivity contribution in [3.05, 3.63) is 89.8 Å². The first-order valence-corrected chi connectivity index (χ1v) is 11.5. The Labute approximate surface area is 213 Å². The SMILES string of the molecule is C=CC(=O)N1CCC(c2cnc(-c3ccc(Oc4c(F)c(F)cc(F)c4F)cc3F)c3c(C)ncnc23)C1. The topological polar surface area (TPSA) is 68.2 Å². The highest BCUT2D eigenvalue weighted by atomic mass is 19.2. The predicted molar refractivity (Wildman–Crippen MR) is 128 cm³/mol. The fourth-order valence-corrected chi connectivity index (χ4v) is 4.59. The molecule has 11 heteroatoms. The van der Waals surface area contributed by atoms with E-state index < -0.39 is 34.8 Å². The Kier molecular flexibility index (Phi) is 6.52. The summed E-state index contributed by atoms with van der Waals surface area (Å²) in [5, 5.41) is 0.496. The highest BCUT2D eigenvalue weighted by Gasteiger charge is 2.29. The molecule has 1 atom stereocenters. The van der Waals surface area contributed by atoms with E-state index in [1.165, 1.54) is 24.5 Å². The monoisotopic (exact) mass is 526 g/mol. The van der Waals surface area contributed by atoms with Crippen LogP contribution < -0.4 is 4.74 Å². The molecule has 1 aliphatic rings. The Hall–Kier alpha value is -4.41. The summed E-state index contributed by atoms with van der Waals surface area (Å²) in [7, 11) is 0. The molecule has 38 heavy (non-hydrogen) atoms. The van der Waals surface area contributed by atoms with Crippen molar-refractivity contribution in [1.29, 1.82) is 0 Å². The Morgan fingerprint density at radius 3 is 2.47 bits per heavy atom. The molecule has 0 aliphatic carbocycles. The van der Waals surface area contributed by atoms with E-state index in [1.807, 2.05) is 0 Å². The fraction of sp³-hybridized carbons (Fsp3) is 0.185. The number of fused-ring (bicyclic) bond motifs is 1. The van der Waals surface area contributed by atoms with Crippen LogP contribution in [0.3, 0.4) is 0 Å². The number of pyridine rings is 1. The molecule has 4 aromatic rings. The molecule has 3 heterocycles. The molecule has 0 radical (unpaired) electrons. The molecule has 1 fully saturated rings. The van der Waals surface area contributed by atoms with Gasteiger partial charge >= 0.3 is 0 Å². The molecule has 6 nitrogen and oxygen atoms in total. The quantitative estimate of drug-likeness (QED) is 0.182. The van der Waals surface area contributed by atoms with Crippen LogP contribution in [-0.2, 0) is 4.79 Å². The lowest BCUT2D eigenvalue weighted by atomic mass is 9.95. The van der Waals surface area contributed by atoms with Crippen LogP contribution in [0, 0.1) is 36.0 Å². The number of rotatable bonds is 5. The lowest BCUT2D eigenvalue weighted by Crippen LogP contribution is -2.26. The molecule has 5 rings (SSSR count). The highest BCUT2D eigenvalue weighted by molar-refractivity contribution is 5.96. The van der Waals surface area contributed by atoms with Gasteiger partial charge in [-0.25, -0.2) is 23.1 Å². The smallest absolute Gasteiger partial charge is 0.245 e. The predicted octanol–water partition coefficient (Wildman–Crippen LogP) is 5.99. The standard InChI is InChI=1S/C27H19F5N4O2/c1-3-21(37)36-7-6-14(11-36)17-10-33-25(22-13(2)34-12-35-26(17)22)16-5-4-15(8-18(16)28)38-27-23(31)19(29)9-20(30)24(27)32/h3-5,8-10,12,14H,1,6-7,11H2,2H3. The number of amides is 1. The summed E-state index contributed by atoms with van der Waals surface area (Å²) >= 11 is 0. The maximum Gasteiger partial charge on any atom is 0.245 e. The van der Waals surface area contributed by atoms with Crippen LogP contribution in [0.2, 0.25) is 0 Å². The molecule has 0 saturated carbocycles. The van der Waals surface area contributed by atoms with Gasteiger partial charge in [-0.15, -0.1) is 0 Å². The van der Waals surface area contributed by atoms with E-state index in [9.17, 15) is 22.4 Å². The first-order chi connectivity index (χ1) is 18.2. The first kappa shape index (κ1) is 25.2. The molecular weight excluding hydrogens is 507 g/mol. The zero-order chi connectivity index (χ0) is 27.1. The second-order valence-corrected chi connectivity index (χ2v) is 8.76. The summed E-state index contributed by atoms with van der Waals surface area (Å²) in [5.74, 6) is -9.59. The number of halogens is 5. The maximum absolute atomic E-state index is 15.3. The van der Waals surface area contributed by atoms with Gasteiger partial charge in [-0.3, -0.25) is 9.78 Å². The molecule has 194 valence electrons. The minimum Gasteiger partial charge on any atom is -0.451 e. The number of likely N-dealkylation sites (tertiary alicyclic amines) is 1. The van der Waals surface area contributed by atoms with Crippen molar-refractivity contribution in [2.75, 3.05) is 13.1 Å². The van der Waals surface area contributed by atoms with Crippen molar-refractivity contribution in [2.45, 2.75) is 19.3 Å². The molecule has 1 saturated heterocycles. The van der Waals surface area contributed by atoms with E-state index in [1.54, 1.807) is 18.0 Å². The van der Waals surface area contributed by atoms with Crippen LogP contribution in [0.15, 0.2) is 49.4 Å². The van der Waals surface area contributed by atoms with Gasteiger partial charge in [0.1, 0.15) is 17.9 Å². The third-order valence-corrected chi connectivity index (χ3v) is 6.48. The largest absolute Gasteiger partial charge is 0.451 e. The van der Waals surface area contributed by atoms with Crippen molar-refractivity contribution in [3.8, 4) is 22.8 Å². The Bertz CT molecular complexity index is 1580. The Morgan fingerprint density at radius 2 is 1.79 bits per heavy atom. The van der Waals surface area contributed by atoms with Gasteiger partial charge in [-0.2, -0.15) is 8.78 Å². The van der Waals surface area contributed by atoms with Crippen LogP contribution in [0.5, 0.6) is 11.5 Å². The second-order valence-electron chi connectivity index (χ2n) is 8.76. The van der Waals surface area contributed by atoms with Crippen LogP contribution in [0.1, 0.15) is 23.6 Å². The lowest BCUT2D eigenvalue weighted by molar-refractivity contribution is -0.125. The van der Waals surface area contributed by atoms with E-state index >= 15 is 4.39 Å². The van der Waals surface area contributed by atoms with Crippen molar-refractivity contribution < 1.29 is 31.5 Å². The minimum atomic E-state index is -1.75. The highest BCUT2D eigenvalue weighted by Crippen LogP contribution is 2.38.